The summed E-state index contributed by atoms with van der Waals surface area (Å²) in [6.45, 7) is 3.46. The van der Waals surface area contributed by atoms with E-state index in [1.165, 1.54) is 17.9 Å². The van der Waals surface area contributed by atoms with Crippen molar-refractivity contribution in [3.05, 3.63) is 6.33 Å². The number of carboxylic acid groups (broad SMARTS) is 1. The first-order chi connectivity index (χ1) is 6.52. The van der Waals surface area contributed by atoms with Gasteiger partial charge in [-0.15, -0.1) is 0 Å². The van der Waals surface area contributed by atoms with Gasteiger partial charge in [-0.25, -0.2) is 4.98 Å². The van der Waals surface area contributed by atoms with Crippen LogP contribution in [0.3, 0.4) is 0 Å². The number of aromatic nitrogens is 2. The Morgan fingerprint density at radius 1 is 1.71 bits per heavy atom. The molecule has 0 radical (unpaired) electrons. The van der Waals surface area contributed by atoms with Gasteiger partial charge in [0.25, 0.3) is 0 Å². The third kappa shape index (κ3) is 3.26. The van der Waals surface area contributed by atoms with Crippen molar-refractivity contribution in [3.63, 3.8) is 0 Å². The molecule has 0 unspecified atom stereocenters. The number of rotatable bonds is 5. The maximum Gasteiger partial charge on any atom is 0.309 e. The fourth-order valence-electron chi connectivity index (χ4n) is 0.727. The van der Waals surface area contributed by atoms with E-state index >= 15 is 0 Å². The van der Waals surface area contributed by atoms with Gasteiger partial charge < -0.3 is 5.11 Å². The molecule has 0 saturated carbocycles. The van der Waals surface area contributed by atoms with Crippen LogP contribution in [0.5, 0.6) is 0 Å². The highest BCUT2D eigenvalue weighted by atomic mass is 32.2. The van der Waals surface area contributed by atoms with Gasteiger partial charge in [0.1, 0.15) is 6.33 Å². The molecule has 1 N–H and O–H groups in total. The van der Waals surface area contributed by atoms with Gasteiger partial charge in [-0.1, -0.05) is 11.8 Å². The number of nitrogens with zero attached hydrogens (tertiary/aromatic N) is 2. The zero-order chi connectivity index (χ0) is 10.6. The zero-order valence-corrected chi connectivity index (χ0v) is 9.69. The lowest BCUT2D eigenvalue weighted by molar-refractivity contribution is -0.146. The van der Waals surface area contributed by atoms with Gasteiger partial charge in [-0.05, 0) is 31.8 Å². The normalized spacial score (nSPS) is 11.6. The third-order valence-corrected chi connectivity index (χ3v) is 3.67. The second-order valence-corrected chi connectivity index (χ2v) is 5.62. The monoisotopic (exact) mass is 232 g/mol. The summed E-state index contributed by atoms with van der Waals surface area (Å²) >= 11 is 2.89. The Hall–Kier alpha value is -0.620. The third-order valence-electron chi connectivity index (χ3n) is 1.87. The minimum absolute atomic E-state index is 0.632. The first kappa shape index (κ1) is 11.5. The Morgan fingerprint density at radius 2 is 2.43 bits per heavy atom. The van der Waals surface area contributed by atoms with E-state index < -0.39 is 11.4 Å². The van der Waals surface area contributed by atoms with Crippen LogP contribution in [-0.4, -0.2) is 26.2 Å². The van der Waals surface area contributed by atoms with Crippen LogP contribution in [-0.2, 0) is 4.79 Å². The molecule has 1 aromatic rings. The van der Waals surface area contributed by atoms with E-state index in [1.54, 1.807) is 25.6 Å². The van der Waals surface area contributed by atoms with E-state index in [2.05, 4.69) is 9.36 Å². The molecule has 6 heteroatoms. The Kier molecular flexibility index (Phi) is 3.88. The Morgan fingerprint density at radius 3 is 2.93 bits per heavy atom. The molecule has 1 aromatic heterocycles. The predicted molar refractivity (Wildman–Crippen MR) is 56.7 cm³/mol. The number of hydrogen-bond donors (Lipinski definition) is 1. The number of hydrogen-bond acceptors (Lipinski definition) is 5. The van der Waals surface area contributed by atoms with Crippen LogP contribution in [0.4, 0.5) is 0 Å². The molecule has 78 valence electrons. The smallest absolute Gasteiger partial charge is 0.309 e. The van der Waals surface area contributed by atoms with Crippen molar-refractivity contribution < 1.29 is 9.90 Å². The van der Waals surface area contributed by atoms with Crippen molar-refractivity contribution in [1.82, 2.24) is 9.36 Å². The van der Waals surface area contributed by atoms with E-state index in [-0.39, 0.29) is 0 Å². The summed E-state index contributed by atoms with van der Waals surface area (Å²) in [6.07, 6.45) is 2.14. The molecule has 0 aliphatic rings. The van der Waals surface area contributed by atoms with Crippen LogP contribution in [0.2, 0.25) is 0 Å². The van der Waals surface area contributed by atoms with Crippen molar-refractivity contribution >= 4 is 29.3 Å². The number of carboxylic acids is 1. The Balaban J connectivity index is 2.31. The van der Waals surface area contributed by atoms with Gasteiger partial charge in [-0.2, -0.15) is 4.37 Å². The fourth-order valence-corrected chi connectivity index (χ4v) is 2.50. The highest BCUT2D eigenvalue weighted by Gasteiger charge is 2.26. The quantitative estimate of drug-likeness (QED) is 0.788. The largest absolute Gasteiger partial charge is 0.481 e. The average molecular weight is 232 g/mol. The summed E-state index contributed by atoms with van der Waals surface area (Å²) in [5, 5.41) is 8.86. The maximum atomic E-state index is 10.8. The molecule has 4 nitrogen and oxygen atoms in total. The maximum absolute atomic E-state index is 10.8. The summed E-state index contributed by atoms with van der Waals surface area (Å²) in [5.74, 6) is 0.00413. The van der Waals surface area contributed by atoms with Crippen molar-refractivity contribution in [2.24, 2.45) is 5.41 Å². The Bertz CT molecular complexity index is 298. The van der Waals surface area contributed by atoms with Gasteiger partial charge >= 0.3 is 5.97 Å². The predicted octanol–water partition coefficient (Wildman–Crippen LogP) is 2.13. The summed E-state index contributed by atoms with van der Waals surface area (Å²) in [7, 11) is 0. The first-order valence-electron chi connectivity index (χ1n) is 4.15. The van der Waals surface area contributed by atoms with Crippen LogP contribution in [0.25, 0.3) is 0 Å². The molecule has 1 heterocycles. The van der Waals surface area contributed by atoms with E-state index in [4.69, 9.17) is 5.11 Å². The summed E-state index contributed by atoms with van der Waals surface area (Å²) in [4.78, 5) is 14.8. The molecule has 1 rings (SSSR count). The Labute approximate surface area is 90.9 Å². The number of aliphatic carboxylic acids is 1. The van der Waals surface area contributed by atoms with E-state index in [0.29, 0.717) is 6.42 Å². The molecule has 0 aromatic carbocycles. The summed E-state index contributed by atoms with van der Waals surface area (Å²) in [5.41, 5.74) is -0.655. The van der Waals surface area contributed by atoms with Gasteiger partial charge in [0.15, 0.2) is 4.34 Å². The summed E-state index contributed by atoms with van der Waals surface area (Å²) < 4.78 is 4.76. The van der Waals surface area contributed by atoms with Gasteiger partial charge in [0.2, 0.25) is 0 Å². The van der Waals surface area contributed by atoms with E-state index in [9.17, 15) is 4.79 Å². The molecule has 0 atom stereocenters. The molecular formula is C8H12N2O2S2. The fraction of sp³-hybridized carbons (Fsp3) is 0.625. The number of thioether (sulfide) groups is 1. The van der Waals surface area contributed by atoms with Crippen molar-refractivity contribution in [1.29, 1.82) is 0 Å². The molecule has 0 bridgehead atoms. The van der Waals surface area contributed by atoms with E-state index in [1.807, 2.05) is 0 Å². The number of carbonyl (C=O) groups is 1. The molecule has 0 spiro atoms. The topological polar surface area (TPSA) is 63.1 Å². The second kappa shape index (κ2) is 4.75. The minimum Gasteiger partial charge on any atom is -0.481 e. The first-order valence-corrected chi connectivity index (χ1v) is 5.91. The lowest BCUT2D eigenvalue weighted by Gasteiger charge is -2.17. The molecule has 0 saturated heterocycles. The highest BCUT2D eigenvalue weighted by molar-refractivity contribution is 8.00. The standard InChI is InChI=1S/C8H12N2O2S2/c1-8(2,6(11)12)3-4-13-7-9-5-10-14-7/h5H,3-4H2,1-2H3,(H,11,12). The highest BCUT2D eigenvalue weighted by Crippen LogP contribution is 2.26. The van der Waals surface area contributed by atoms with Gasteiger partial charge in [0, 0.05) is 5.75 Å². The van der Waals surface area contributed by atoms with Crippen molar-refractivity contribution in [2.75, 3.05) is 5.75 Å². The SMILES string of the molecule is CC(C)(CCSc1ncns1)C(=O)O. The van der Waals surface area contributed by atoms with Crippen LogP contribution >= 0.6 is 23.3 Å². The van der Waals surface area contributed by atoms with Crippen molar-refractivity contribution in [2.45, 2.75) is 24.6 Å². The molecule has 14 heavy (non-hydrogen) atoms. The van der Waals surface area contributed by atoms with Gasteiger partial charge in [0.05, 0.1) is 5.41 Å². The van der Waals surface area contributed by atoms with Gasteiger partial charge in [-0.3, -0.25) is 4.79 Å². The van der Waals surface area contributed by atoms with Crippen LogP contribution < -0.4 is 0 Å². The second-order valence-electron chi connectivity index (χ2n) is 3.49. The van der Waals surface area contributed by atoms with E-state index in [0.717, 1.165) is 10.1 Å². The zero-order valence-electron chi connectivity index (χ0n) is 8.06. The van der Waals surface area contributed by atoms with Crippen LogP contribution in [0, 0.1) is 5.41 Å². The lowest BCUT2D eigenvalue weighted by atomic mass is 9.91. The molecule has 0 amide bonds. The lowest BCUT2D eigenvalue weighted by Crippen LogP contribution is -2.24. The van der Waals surface area contributed by atoms with Crippen LogP contribution in [0.15, 0.2) is 10.7 Å². The van der Waals surface area contributed by atoms with Crippen LogP contribution in [0.1, 0.15) is 20.3 Å². The molecule has 0 fully saturated rings. The molecular weight excluding hydrogens is 220 g/mol. The van der Waals surface area contributed by atoms with Crippen molar-refractivity contribution in [3.8, 4) is 0 Å². The molecule has 0 aliphatic heterocycles. The minimum atomic E-state index is -0.754. The average Bonchev–Trinajstić information content (AvgIpc) is 2.56. The summed E-state index contributed by atoms with van der Waals surface area (Å²) in [6, 6.07) is 0. The molecule has 0 aliphatic carbocycles.